The van der Waals surface area contributed by atoms with Crippen molar-refractivity contribution in [2.45, 2.75) is 39.2 Å². The highest BCUT2D eigenvalue weighted by Crippen LogP contribution is 2.05. The van der Waals surface area contributed by atoms with Crippen LogP contribution in [-0.4, -0.2) is 25.3 Å². The molecule has 0 rings (SSSR count). The molecule has 0 aliphatic carbocycles. The molecule has 0 aromatic rings. The zero-order valence-corrected chi connectivity index (χ0v) is 9.12. The molecule has 0 aromatic carbocycles. The number of rotatable bonds is 8. The van der Waals surface area contributed by atoms with Crippen molar-refractivity contribution in [3.05, 3.63) is 12.7 Å². The maximum absolute atomic E-state index is 10.8. The maximum atomic E-state index is 10.8. The highest BCUT2D eigenvalue weighted by atomic mass is 16.6. The Morgan fingerprint density at radius 2 is 2.21 bits per heavy atom. The summed E-state index contributed by atoms with van der Waals surface area (Å²) < 4.78 is 10.3. The first-order valence-electron chi connectivity index (χ1n) is 5.15. The van der Waals surface area contributed by atoms with Gasteiger partial charge in [0.25, 0.3) is 0 Å². The Labute approximate surface area is 86.1 Å². The second-order valence-corrected chi connectivity index (χ2v) is 3.05. The van der Waals surface area contributed by atoms with Crippen LogP contribution in [0.3, 0.4) is 0 Å². The van der Waals surface area contributed by atoms with Gasteiger partial charge in [-0.3, -0.25) is 0 Å². The van der Waals surface area contributed by atoms with Crippen molar-refractivity contribution < 1.29 is 14.3 Å². The molecule has 0 heterocycles. The minimum atomic E-state index is -0.383. The summed E-state index contributed by atoms with van der Waals surface area (Å²) in [6.45, 7) is 8.38. The molecular weight excluding hydrogens is 180 g/mol. The first-order chi connectivity index (χ1) is 6.74. The van der Waals surface area contributed by atoms with Crippen LogP contribution < -0.4 is 0 Å². The number of carbonyl (C=O) groups excluding carboxylic acids is 1. The fourth-order valence-corrected chi connectivity index (χ4v) is 1.12. The van der Waals surface area contributed by atoms with Gasteiger partial charge in [-0.25, -0.2) is 4.79 Å². The lowest BCUT2D eigenvalue weighted by Gasteiger charge is -2.15. The summed E-state index contributed by atoms with van der Waals surface area (Å²) >= 11 is 0. The van der Waals surface area contributed by atoms with Gasteiger partial charge in [-0.1, -0.05) is 26.3 Å². The van der Waals surface area contributed by atoms with Crippen LogP contribution in [0.4, 0.5) is 0 Å². The smallest absolute Gasteiger partial charge is 0.330 e. The summed E-state index contributed by atoms with van der Waals surface area (Å²) in [6, 6.07) is 0. The summed E-state index contributed by atoms with van der Waals surface area (Å²) in [7, 11) is 0. The predicted molar refractivity (Wildman–Crippen MR) is 56.1 cm³/mol. The number of hydrogen-bond donors (Lipinski definition) is 0. The summed E-state index contributed by atoms with van der Waals surface area (Å²) in [5.74, 6) is -0.383. The number of ether oxygens (including phenoxy) is 2. The van der Waals surface area contributed by atoms with E-state index in [0.717, 1.165) is 19.3 Å². The average molecular weight is 200 g/mol. The van der Waals surface area contributed by atoms with Gasteiger partial charge in [0.15, 0.2) is 0 Å². The monoisotopic (exact) mass is 200 g/mol. The average Bonchev–Trinajstić information content (AvgIpc) is 2.21. The van der Waals surface area contributed by atoms with Crippen LogP contribution in [0.1, 0.15) is 33.1 Å². The number of esters is 1. The van der Waals surface area contributed by atoms with Gasteiger partial charge in [0.05, 0.1) is 6.10 Å². The van der Waals surface area contributed by atoms with Gasteiger partial charge in [0.1, 0.15) is 6.61 Å². The van der Waals surface area contributed by atoms with Gasteiger partial charge in [-0.15, -0.1) is 0 Å². The maximum Gasteiger partial charge on any atom is 0.330 e. The molecule has 0 bridgehead atoms. The highest BCUT2D eigenvalue weighted by Gasteiger charge is 2.09. The molecule has 0 spiro atoms. The Kier molecular flexibility index (Phi) is 8.24. The minimum absolute atomic E-state index is 0.0313. The summed E-state index contributed by atoms with van der Waals surface area (Å²) in [4.78, 5) is 10.8. The Bertz CT molecular complexity index is 166. The van der Waals surface area contributed by atoms with Crippen molar-refractivity contribution in [3.63, 3.8) is 0 Å². The van der Waals surface area contributed by atoms with Crippen molar-refractivity contribution in [3.8, 4) is 0 Å². The first kappa shape index (κ1) is 13.2. The molecule has 3 nitrogen and oxygen atoms in total. The molecule has 0 N–H and O–H groups in total. The molecule has 0 amide bonds. The largest absolute Gasteiger partial charge is 0.460 e. The van der Waals surface area contributed by atoms with Gasteiger partial charge in [0.2, 0.25) is 0 Å². The van der Waals surface area contributed by atoms with E-state index in [1.807, 2.05) is 6.92 Å². The van der Waals surface area contributed by atoms with E-state index in [1.165, 1.54) is 6.08 Å². The van der Waals surface area contributed by atoms with E-state index in [9.17, 15) is 4.79 Å². The second kappa shape index (κ2) is 8.75. The van der Waals surface area contributed by atoms with Crippen molar-refractivity contribution in [1.82, 2.24) is 0 Å². The van der Waals surface area contributed by atoms with Gasteiger partial charge in [-0.05, 0) is 13.3 Å². The number of hydrogen-bond acceptors (Lipinski definition) is 3. The summed E-state index contributed by atoms with van der Waals surface area (Å²) in [6.07, 6.45) is 4.36. The van der Waals surface area contributed by atoms with Gasteiger partial charge in [0, 0.05) is 12.7 Å². The fraction of sp³-hybridized carbons (Fsp3) is 0.727. The predicted octanol–water partition coefficient (Wildman–Crippen LogP) is 2.31. The zero-order chi connectivity index (χ0) is 10.8. The zero-order valence-electron chi connectivity index (χ0n) is 9.12. The molecule has 0 saturated heterocycles. The Morgan fingerprint density at radius 3 is 2.71 bits per heavy atom. The second-order valence-electron chi connectivity index (χ2n) is 3.05. The number of carbonyl (C=O) groups is 1. The van der Waals surface area contributed by atoms with Gasteiger partial charge < -0.3 is 9.47 Å². The molecule has 0 aromatic heterocycles. The molecule has 0 radical (unpaired) electrons. The summed E-state index contributed by atoms with van der Waals surface area (Å²) in [5.41, 5.74) is 0. The van der Waals surface area contributed by atoms with Crippen LogP contribution in [0.25, 0.3) is 0 Å². The highest BCUT2D eigenvalue weighted by molar-refractivity contribution is 5.81. The van der Waals surface area contributed by atoms with E-state index in [0.29, 0.717) is 13.2 Å². The molecule has 0 aliphatic rings. The van der Waals surface area contributed by atoms with Crippen molar-refractivity contribution >= 4 is 5.97 Å². The lowest BCUT2D eigenvalue weighted by Crippen LogP contribution is -2.21. The lowest BCUT2D eigenvalue weighted by molar-refractivity contribution is -0.142. The fourth-order valence-electron chi connectivity index (χ4n) is 1.12. The topological polar surface area (TPSA) is 35.5 Å². The summed E-state index contributed by atoms with van der Waals surface area (Å²) in [5, 5.41) is 0. The van der Waals surface area contributed by atoms with Crippen molar-refractivity contribution in [1.29, 1.82) is 0 Å². The molecule has 1 atom stereocenters. The standard InChI is InChI=1S/C11H20O3/c1-4-7-8-10(13-6-3)9-14-11(12)5-2/h5,10H,2,4,6-9H2,1,3H3. The number of unbranched alkanes of at least 4 members (excludes halogenated alkanes) is 1. The normalized spacial score (nSPS) is 12.1. The van der Waals surface area contributed by atoms with Crippen LogP contribution in [0.2, 0.25) is 0 Å². The van der Waals surface area contributed by atoms with E-state index in [4.69, 9.17) is 9.47 Å². The van der Waals surface area contributed by atoms with E-state index < -0.39 is 0 Å². The molecule has 3 heteroatoms. The third kappa shape index (κ3) is 6.66. The molecule has 82 valence electrons. The van der Waals surface area contributed by atoms with Crippen LogP contribution in [0, 0.1) is 0 Å². The molecule has 0 aliphatic heterocycles. The quantitative estimate of drug-likeness (QED) is 0.445. The van der Waals surface area contributed by atoms with E-state index in [1.54, 1.807) is 0 Å². The van der Waals surface area contributed by atoms with Crippen LogP contribution in [-0.2, 0) is 14.3 Å². The molecule has 1 unspecified atom stereocenters. The minimum Gasteiger partial charge on any atom is -0.460 e. The third-order valence-corrected chi connectivity index (χ3v) is 1.86. The molecule has 0 saturated carbocycles. The van der Waals surface area contributed by atoms with Crippen molar-refractivity contribution in [2.75, 3.05) is 13.2 Å². The molecular formula is C11H20O3. The molecule has 0 fully saturated rings. The SMILES string of the molecule is C=CC(=O)OCC(CCCC)OCC. The Morgan fingerprint density at radius 1 is 1.50 bits per heavy atom. The third-order valence-electron chi connectivity index (χ3n) is 1.86. The van der Waals surface area contributed by atoms with E-state index in [-0.39, 0.29) is 12.1 Å². The van der Waals surface area contributed by atoms with E-state index in [2.05, 4.69) is 13.5 Å². The van der Waals surface area contributed by atoms with E-state index >= 15 is 0 Å². The first-order valence-corrected chi connectivity index (χ1v) is 5.15. The Hall–Kier alpha value is -0.830. The lowest BCUT2D eigenvalue weighted by atomic mass is 10.2. The van der Waals surface area contributed by atoms with Gasteiger partial charge >= 0.3 is 5.97 Å². The van der Waals surface area contributed by atoms with Crippen LogP contribution >= 0.6 is 0 Å². The Balaban J connectivity index is 3.71. The van der Waals surface area contributed by atoms with Gasteiger partial charge in [-0.2, -0.15) is 0 Å². The van der Waals surface area contributed by atoms with Crippen LogP contribution in [0.15, 0.2) is 12.7 Å². The van der Waals surface area contributed by atoms with Crippen molar-refractivity contribution in [2.24, 2.45) is 0 Å². The van der Waals surface area contributed by atoms with Crippen LogP contribution in [0.5, 0.6) is 0 Å². The molecule has 14 heavy (non-hydrogen) atoms.